The molecular formula is C18H26F3N5O2. The number of amides is 2. The number of alkyl halides is 3. The van der Waals surface area contributed by atoms with E-state index in [0.29, 0.717) is 17.1 Å². The Kier molecular flexibility index (Phi) is 6.63. The smallest absolute Gasteiger partial charge is 0.391 e. The molecule has 6 N–H and O–H groups in total. The Morgan fingerprint density at radius 1 is 1.21 bits per heavy atom. The van der Waals surface area contributed by atoms with E-state index in [4.69, 9.17) is 11.5 Å². The van der Waals surface area contributed by atoms with Crippen LogP contribution in [0.3, 0.4) is 0 Å². The fraction of sp³-hybridized carbons (Fsp3) is 0.556. The van der Waals surface area contributed by atoms with Gasteiger partial charge in [0, 0.05) is 20.1 Å². The Balaban J connectivity index is 2.18. The molecule has 0 bridgehead atoms. The van der Waals surface area contributed by atoms with Crippen molar-refractivity contribution >= 4 is 28.9 Å². The summed E-state index contributed by atoms with van der Waals surface area (Å²) in [4.78, 5) is 25.6. The second-order valence-corrected chi connectivity index (χ2v) is 7.09. The average molecular weight is 401 g/mol. The summed E-state index contributed by atoms with van der Waals surface area (Å²) in [6.45, 7) is -0.107. The topological polar surface area (TPSA) is 113 Å². The number of anilines is 3. The van der Waals surface area contributed by atoms with Crippen molar-refractivity contribution in [3.63, 3.8) is 0 Å². The molecule has 0 saturated heterocycles. The molecule has 0 unspecified atom stereocenters. The second kappa shape index (κ2) is 8.57. The van der Waals surface area contributed by atoms with Crippen LogP contribution in [0.4, 0.5) is 30.2 Å². The Bertz CT molecular complexity index is 731. The van der Waals surface area contributed by atoms with Crippen LogP contribution in [0, 0.1) is 5.92 Å². The number of benzene rings is 1. The molecule has 10 heteroatoms. The first-order valence-electron chi connectivity index (χ1n) is 9.01. The summed E-state index contributed by atoms with van der Waals surface area (Å²) >= 11 is 0. The number of primary amides is 1. The van der Waals surface area contributed by atoms with Crippen LogP contribution in [0.15, 0.2) is 12.1 Å². The molecule has 0 radical (unpaired) electrons. The highest BCUT2D eigenvalue weighted by atomic mass is 19.4. The van der Waals surface area contributed by atoms with Crippen molar-refractivity contribution in [3.05, 3.63) is 17.7 Å². The van der Waals surface area contributed by atoms with Gasteiger partial charge in [0.15, 0.2) is 0 Å². The molecule has 2 amide bonds. The molecule has 0 atom stereocenters. The molecule has 1 aliphatic rings. The van der Waals surface area contributed by atoms with Gasteiger partial charge in [0.05, 0.1) is 35.1 Å². The number of carbonyl (C=O) groups excluding carboxylic acids is 2. The van der Waals surface area contributed by atoms with E-state index in [0.717, 1.165) is 0 Å². The van der Waals surface area contributed by atoms with Gasteiger partial charge in [0.1, 0.15) is 0 Å². The molecule has 0 spiro atoms. The maximum absolute atomic E-state index is 12.8. The molecule has 1 fully saturated rings. The number of carbonyl (C=O) groups is 2. The van der Waals surface area contributed by atoms with Crippen molar-refractivity contribution in [1.29, 1.82) is 0 Å². The first-order chi connectivity index (χ1) is 13.0. The lowest BCUT2D eigenvalue weighted by molar-refractivity contribution is -0.182. The highest BCUT2D eigenvalue weighted by Gasteiger charge is 2.41. The van der Waals surface area contributed by atoms with Gasteiger partial charge in [-0.05, 0) is 37.8 Å². The minimum Gasteiger partial charge on any atom is -0.397 e. The van der Waals surface area contributed by atoms with Crippen LogP contribution in [0.25, 0.3) is 0 Å². The molecule has 1 saturated carbocycles. The average Bonchev–Trinajstić information content (AvgIpc) is 2.60. The number of nitrogens with two attached hydrogens (primary N) is 2. The monoisotopic (exact) mass is 401 g/mol. The third-order valence-corrected chi connectivity index (χ3v) is 5.01. The van der Waals surface area contributed by atoms with Crippen LogP contribution >= 0.6 is 0 Å². The van der Waals surface area contributed by atoms with Gasteiger partial charge in [0.25, 0.3) is 5.91 Å². The third-order valence-electron chi connectivity index (χ3n) is 5.01. The minimum absolute atomic E-state index is 0.0102. The minimum atomic E-state index is -4.20. The molecular weight excluding hydrogens is 375 g/mol. The number of rotatable bonds is 6. The van der Waals surface area contributed by atoms with Crippen LogP contribution < -0.4 is 27.0 Å². The Morgan fingerprint density at radius 3 is 2.32 bits per heavy atom. The van der Waals surface area contributed by atoms with Gasteiger partial charge in [-0.1, -0.05) is 0 Å². The molecule has 28 heavy (non-hydrogen) atoms. The van der Waals surface area contributed by atoms with Crippen molar-refractivity contribution in [3.8, 4) is 0 Å². The van der Waals surface area contributed by atoms with E-state index < -0.39 is 23.9 Å². The van der Waals surface area contributed by atoms with Gasteiger partial charge in [-0.3, -0.25) is 9.59 Å². The van der Waals surface area contributed by atoms with Gasteiger partial charge in [-0.2, -0.15) is 13.2 Å². The zero-order valence-corrected chi connectivity index (χ0v) is 15.9. The van der Waals surface area contributed by atoms with Crippen molar-refractivity contribution in [2.45, 2.75) is 37.9 Å². The Labute approximate surface area is 161 Å². The van der Waals surface area contributed by atoms with Gasteiger partial charge in [-0.15, -0.1) is 0 Å². The number of hydrogen-bond donors (Lipinski definition) is 4. The molecule has 1 aromatic rings. The summed E-state index contributed by atoms with van der Waals surface area (Å²) in [7, 11) is 3.28. The quantitative estimate of drug-likeness (QED) is 0.545. The van der Waals surface area contributed by atoms with Crippen LogP contribution in [0.2, 0.25) is 0 Å². The number of nitrogen functional groups attached to an aromatic ring is 1. The van der Waals surface area contributed by atoms with Gasteiger partial charge < -0.3 is 27.0 Å². The number of hydrogen-bond acceptors (Lipinski definition) is 5. The first-order valence-corrected chi connectivity index (χ1v) is 9.01. The maximum atomic E-state index is 12.8. The summed E-state index contributed by atoms with van der Waals surface area (Å²) in [6.07, 6.45) is -3.70. The standard InChI is InChI=1S/C18H26F3N5O2/c1-24-14-8-15(26(2)9-16(23)27)12(7-13(14)22)17(28)25-11-5-3-10(4-6-11)18(19,20)21/h7-8,10-11,24H,3-6,9,22H2,1-2H3,(H2,23,27)(H,25,28)/t10-,11-. The summed E-state index contributed by atoms with van der Waals surface area (Å²) in [5, 5.41) is 5.70. The lowest BCUT2D eigenvalue weighted by atomic mass is 9.85. The fourth-order valence-electron chi connectivity index (χ4n) is 3.47. The Morgan fingerprint density at radius 2 is 1.82 bits per heavy atom. The zero-order valence-electron chi connectivity index (χ0n) is 15.9. The lowest BCUT2D eigenvalue weighted by Gasteiger charge is -2.31. The molecule has 7 nitrogen and oxygen atoms in total. The summed E-state index contributed by atoms with van der Waals surface area (Å²) in [6, 6.07) is 2.77. The number of halogens is 3. The van der Waals surface area contributed by atoms with E-state index in [1.165, 1.54) is 11.0 Å². The fourth-order valence-corrected chi connectivity index (χ4v) is 3.47. The molecule has 1 aromatic carbocycles. The largest absolute Gasteiger partial charge is 0.397 e. The normalized spacial score (nSPS) is 19.8. The van der Waals surface area contributed by atoms with Gasteiger partial charge >= 0.3 is 6.18 Å². The van der Waals surface area contributed by atoms with Crippen LogP contribution in [0.1, 0.15) is 36.0 Å². The second-order valence-electron chi connectivity index (χ2n) is 7.09. The van der Waals surface area contributed by atoms with E-state index in [-0.39, 0.29) is 43.8 Å². The highest BCUT2D eigenvalue weighted by Crippen LogP contribution is 2.37. The molecule has 0 aliphatic heterocycles. The van der Waals surface area contributed by atoms with Crippen molar-refractivity contribution in [2.24, 2.45) is 11.7 Å². The van der Waals surface area contributed by atoms with E-state index in [1.54, 1.807) is 20.2 Å². The molecule has 1 aliphatic carbocycles. The predicted molar refractivity (Wildman–Crippen MR) is 102 cm³/mol. The van der Waals surface area contributed by atoms with E-state index in [2.05, 4.69) is 10.6 Å². The number of nitrogens with one attached hydrogen (secondary N) is 2. The SMILES string of the molecule is CNc1cc(N(C)CC(N)=O)c(C(=O)N[C@H]2CC[C@H](C(F)(F)F)CC2)cc1N. The lowest BCUT2D eigenvalue weighted by Crippen LogP contribution is -2.40. The zero-order chi connectivity index (χ0) is 21.1. The molecule has 0 aromatic heterocycles. The van der Waals surface area contributed by atoms with Crippen molar-refractivity contribution < 1.29 is 22.8 Å². The molecule has 156 valence electrons. The van der Waals surface area contributed by atoms with Crippen LogP contribution in [0.5, 0.6) is 0 Å². The highest BCUT2D eigenvalue weighted by molar-refractivity contribution is 6.02. The van der Waals surface area contributed by atoms with Crippen molar-refractivity contribution in [2.75, 3.05) is 36.6 Å². The summed E-state index contributed by atoms with van der Waals surface area (Å²) in [5.41, 5.74) is 12.8. The van der Waals surface area contributed by atoms with Crippen LogP contribution in [-0.2, 0) is 4.79 Å². The van der Waals surface area contributed by atoms with Crippen molar-refractivity contribution in [1.82, 2.24) is 5.32 Å². The summed E-state index contributed by atoms with van der Waals surface area (Å²) < 4.78 is 38.4. The predicted octanol–water partition coefficient (Wildman–Crippen LogP) is 2.08. The Hall–Kier alpha value is -2.65. The van der Waals surface area contributed by atoms with E-state index in [9.17, 15) is 22.8 Å². The number of nitrogens with zero attached hydrogens (tertiary/aromatic N) is 1. The van der Waals surface area contributed by atoms with Gasteiger partial charge in [-0.25, -0.2) is 0 Å². The van der Waals surface area contributed by atoms with E-state index >= 15 is 0 Å². The molecule has 2 rings (SSSR count). The number of likely N-dealkylation sites (N-methyl/N-ethyl adjacent to an activating group) is 1. The summed E-state index contributed by atoms with van der Waals surface area (Å²) in [5.74, 6) is -2.33. The molecule has 0 heterocycles. The van der Waals surface area contributed by atoms with Gasteiger partial charge in [0.2, 0.25) is 5.91 Å². The third kappa shape index (κ3) is 5.20. The van der Waals surface area contributed by atoms with Crippen LogP contribution in [-0.4, -0.2) is 44.7 Å². The van der Waals surface area contributed by atoms with E-state index in [1.807, 2.05) is 0 Å². The first kappa shape index (κ1) is 21.6. The maximum Gasteiger partial charge on any atom is 0.391 e.